The standard InChI is InChI=1S/C34H33FN8O2/c1-41(2)19-5-7-30(44)37-26-14-10-24(11-15-26)33(45)42-21-17-27(22-42)38-34-36-18-16-28(39-34)31-29-6-3-4-20-43(29)40-32(31)23-8-12-25(35)13-9-23/h3-16,18,20,27H,17,19,21-22H2,1-2H3,(H,37,44)(H,36,38,39)/b7-5+/t27-/m0/s1. The number of anilines is 2. The molecule has 10 nitrogen and oxygen atoms in total. The SMILES string of the molecule is CN(C)C/C=C/C(=O)Nc1ccc(C(=O)N2CC[C@H](Nc3nccc(-c4c(-c5ccc(F)cc5)nn5ccccc45)n3)C2)cc1. The lowest BCUT2D eigenvalue weighted by atomic mass is 10.0. The number of nitrogens with zero attached hydrogens (tertiary/aromatic N) is 6. The second kappa shape index (κ2) is 13.1. The zero-order valence-corrected chi connectivity index (χ0v) is 25.0. The fraction of sp³-hybridized carbons (Fsp3) is 0.206. The molecule has 0 radical (unpaired) electrons. The van der Waals surface area contributed by atoms with Crippen LogP contribution in [0.2, 0.25) is 0 Å². The Hall–Kier alpha value is -5.42. The Bertz CT molecular complexity index is 1850. The average molecular weight is 605 g/mol. The highest BCUT2D eigenvalue weighted by Crippen LogP contribution is 2.34. The van der Waals surface area contributed by atoms with Gasteiger partial charge >= 0.3 is 0 Å². The van der Waals surface area contributed by atoms with Crippen LogP contribution < -0.4 is 10.6 Å². The van der Waals surface area contributed by atoms with Gasteiger partial charge in [0.1, 0.15) is 11.5 Å². The number of amides is 2. The molecule has 1 atom stereocenters. The van der Waals surface area contributed by atoms with E-state index in [1.165, 1.54) is 18.2 Å². The van der Waals surface area contributed by atoms with Crippen molar-refractivity contribution < 1.29 is 14.0 Å². The van der Waals surface area contributed by atoms with Gasteiger partial charge in [-0.05, 0) is 87.2 Å². The molecule has 6 rings (SSSR count). The smallest absolute Gasteiger partial charge is 0.253 e. The van der Waals surface area contributed by atoms with E-state index in [2.05, 4.69) is 15.6 Å². The Balaban J connectivity index is 1.13. The summed E-state index contributed by atoms with van der Waals surface area (Å²) in [6, 6.07) is 20.8. The maximum atomic E-state index is 13.7. The molecule has 11 heteroatoms. The van der Waals surface area contributed by atoms with Crippen molar-refractivity contribution in [2.45, 2.75) is 12.5 Å². The lowest BCUT2D eigenvalue weighted by Crippen LogP contribution is -2.31. The molecule has 2 amide bonds. The third-order valence-corrected chi connectivity index (χ3v) is 7.52. The number of hydrogen-bond acceptors (Lipinski definition) is 7. The summed E-state index contributed by atoms with van der Waals surface area (Å²) < 4.78 is 15.5. The number of benzene rings is 2. The molecule has 2 aromatic carbocycles. The van der Waals surface area contributed by atoms with Gasteiger partial charge in [0, 0.05) is 61.0 Å². The fourth-order valence-corrected chi connectivity index (χ4v) is 5.31. The molecular weight excluding hydrogens is 571 g/mol. The van der Waals surface area contributed by atoms with Crippen molar-refractivity contribution in [1.82, 2.24) is 29.4 Å². The first-order valence-electron chi connectivity index (χ1n) is 14.7. The van der Waals surface area contributed by atoms with E-state index < -0.39 is 0 Å². The normalized spacial score (nSPS) is 14.8. The van der Waals surface area contributed by atoms with Crippen LogP contribution in [-0.2, 0) is 4.79 Å². The Morgan fingerprint density at radius 2 is 1.84 bits per heavy atom. The van der Waals surface area contributed by atoms with Crippen LogP contribution >= 0.6 is 0 Å². The molecular formula is C34H33FN8O2. The zero-order valence-electron chi connectivity index (χ0n) is 25.0. The molecule has 2 N–H and O–H groups in total. The number of carbonyl (C=O) groups excluding carboxylic acids is 2. The van der Waals surface area contributed by atoms with Gasteiger partial charge in [-0.15, -0.1) is 0 Å². The predicted molar refractivity (Wildman–Crippen MR) is 172 cm³/mol. The minimum absolute atomic E-state index is 0.0304. The van der Waals surface area contributed by atoms with Crippen LogP contribution in [0.5, 0.6) is 0 Å². The fourth-order valence-electron chi connectivity index (χ4n) is 5.31. The Morgan fingerprint density at radius 3 is 2.62 bits per heavy atom. The number of rotatable bonds is 9. The van der Waals surface area contributed by atoms with Crippen molar-refractivity contribution >= 4 is 29.0 Å². The minimum Gasteiger partial charge on any atom is -0.350 e. The Labute approximate surface area is 260 Å². The first kappa shape index (κ1) is 29.6. The highest BCUT2D eigenvalue weighted by Gasteiger charge is 2.28. The lowest BCUT2D eigenvalue weighted by Gasteiger charge is -2.17. The van der Waals surface area contributed by atoms with E-state index in [4.69, 9.17) is 10.1 Å². The third-order valence-electron chi connectivity index (χ3n) is 7.52. The van der Waals surface area contributed by atoms with Crippen LogP contribution in [0.1, 0.15) is 16.8 Å². The van der Waals surface area contributed by atoms with Crippen molar-refractivity contribution in [3.63, 3.8) is 0 Å². The molecule has 5 aromatic rings. The lowest BCUT2D eigenvalue weighted by molar-refractivity contribution is -0.111. The molecule has 45 heavy (non-hydrogen) atoms. The van der Waals surface area contributed by atoms with Crippen LogP contribution in [0, 0.1) is 5.82 Å². The van der Waals surface area contributed by atoms with Crippen molar-refractivity contribution in [2.75, 3.05) is 44.4 Å². The summed E-state index contributed by atoms with van der Waals surface area (Å²) in [5, 5.41) is 11.0. The van der Waals surface area contributed by atoms with Gasteiger partial charge in [-0.1, -0.05) is 12.1 Å². The van der Waals surface area contributed by atoms with Crippen molar-refractivity contribution in [3.8, 4) is 22.5 Å². The van der Waals surface area contributed by atoms with Crippen LogP contribution in [0.4, 0.5) is 16.0 Å². The molecule has 1 aliphatic heterocycles. The van der Waals surface area contributed by atoms with Gasteiger partial charge in [-0.3, -0.25) is 9.59 Å². The van der Waals surface area contributed by atoms with E-state index in [0.29, 0.717) is 48.2 Å². The maximum Gasteiger partial charge on any atom is 0.253 e. The number of carbonyl (C=O) groups is 2. The number of fused-ring (bicyclic) bond motifs is 1. The van der Waals surface area contributed by atoms with Gasteiger partial charge in [0.15, 0.2) is 0 Å². The van der Waals surface area contributed by atoms with Gasteiger partial charge in [0.25, 0.3) is 5.91 Å². The van der Waals surface area contributed by atoms with Crippen molar-refractivity contribution in [1.29, 1.82) is 0 Å². The van der Waals surface area contributed by atoms with E-state index in [1.807, 2.05) is 49.5 Å². The van der Waals surface area contributed by atoms with E-state index in [-0.39, 0.29) is 23.7 Å². The highest BCUT2D eigenvalue weighted by molar-refractivity contribution is 6.00. The molecule has 3 aromatic heterocycles. The van der Waals surface area contributed by atoms with Crippen LogP contribution in [0.25, 0.3) is 28.0 Å². The molecule has 1 fully saturated rings. The second-order valence-electron chi connectivity index (χ2n) is 11.1. The molecule has 0 saturated carbocycles. The number of halogens is 1. The summed E-state index contributed by atoms with van der Waals surface area (Å²) in [7, 11) is 3.86. The predicted octanol–water partition coefficient (Wildman–Crippen LogP) is 4.98. The number of hydrogen-bond donors (Lipinski definition) is 2. The van der Waals surface area contributed by atoms with Gasteiger partial charge in [-0.2, -0.15) is 5.10 Å². The van der Waals surface area contributed by atoms with Gasteiger partial charge in [0.05, 0.1) is 16.8 Å². The van der Waals surface area contributed by atoms with E-state index >= 15 is 0 Å². The topological polar surface area (TPSA) is 108 Å². The molecule has 4 heterocycles. The van der Waals surface area contributed by atoms with E-state index in [1.54, 1.807) is 58.1 Å². The summed E-state index contributed by atoms with van der Waals surface area (Å²) in [6.45, 7) is 1.76. The molecule has 0 aliphatic carbocycles. The van der Waals surface area contributed by atoms with Gasteiger partial charge in [0.2, 0.25) is 11.9 Å². The molecule has 0 bridgehead atoms. The number of pyridine rings is 1. The third kappa shape index (κ3) is 6.89. The molecule has 1 saturated heterocycles. The summed E-state index contributed by atoms with van der Waals surface area (Å²) in [5.74, 6) is -0.157. The average Bonchev–Trinajstić information content (AvgIpc) is 3.66. The summed E-state index contributed by atoms with van der Waals surface area (Å²) in [5.41, 5.74) is 5.01. The van der Waals surface area contributed by atoms with Crippen molar-refractivity contribution in [3.05, 3.63) is 109 Å². The molecule has 0 unspecified atom stereocenters. The number of aromatic nitrogens is 4. The monoisotopic (exact) mass is 604 g/mol. The Morgan fingerprint density at radius 1 is 1.04 bits per heavy atom. The Kier molecular flexibility index (Phi) is 8.61. The summed E-state index contributed by atoms with van der Waals surface area (Å²) >= 11 is 0. The minimum atomic E-state index is -0.313. The molecule has 228 valence electrons. The van der Waals surface area contributed by atoms with Crippen molar-refractivity contribution in [2.24, 2.45) is 0 Å². The number of nitrogens with one attached hydrogen (secondary N) is 2. The van der Waals surface area contributed by atoms with Crippen LogP contribution in [0.15, 0.2) is 97.3 Å². The second-order valence-corrected chi connectivity index (χ2v) is 11.1. The van der Waals surface area contributed by atoms with E-state index in [9.17, 15) is 14.0 Å². The quantitative estimate of drug-likeness (QED) is 0.229. The van der Waals surface area contributed by atoms with E-state index in [0.717, 1.165) is 23.1 Å². The summed E-state index contributed by atoms with van der Waals surface area (Å²) in [6.07, 6.45) is 7.59. The van der Waals surface area contributed by atoms with Gasteiger partial charge < -0.3 is 20.4 Å². The number of likely N-dealkylation sites (tertiary alicyclic amines) is 1. The first-order valence-corrected chi connectivity index (χ1v) is 14.7. The zero-order chi connectivity index (χ0) is 31.3. The largest absolute Gasteiger partial charge is 0.350 e. The first-order chi connectivity index (χ1) is 21.8. The van der Waals surface area contributed by atoms with Gasteiger partial charge in [-0.25, -0.2) is 18.9 Å². The molecule has 1 aliphatic rings. The van der Waals surface area contributed by atoms with Crippen LogP contribution in [0.3, 0.4) is 0 Å². The summed E-state index contributed by atoms with van der Waals surface area (Å²) in [4.78, 5) is 38.4. The highest BCUT2D eigenvalue weighted by atomic mass is 19.1. The maximum absolute atomic E-state index is 13.7. The molecule has 0 spiro atoms. The number of likely N-dealkylation sites (N-methyl/N-ethyl adjacent to an activating group) is 1. The van der Waals surface area contributed by atoms with Crippen LogP contribution in [-0.4, -0.2) is 81.0 Å².